The van der Waals surface area contributed by atoms with E-state index in [-0.39, 0.29) is 0 Å². The van der Waals surface area contributed by atoms with Gasteiger partial charge in [-0.2, -0.15) is 10.2 Å². The fraction of sp³-hybridized carbons (Fsp3) is 0.0769. The minimum atomic E-state index is 0.475. The molecule has 0 saturated heterocycles. The van der Waals surface area contributed by atoms with Crippen molar-refractivity contribution >= 4 is 17.2 Å². The van der Waals surface area contributed by atoms with Crippen LogP contribution in [0.1, 0.15) is 5.56 Å². The molecule has 0 aliphatic rings. The second kappa shape index (κ2) is 5.06. The molecule has 18 heavy (non-hydrogen) atoms. The van der Waals surface area contributed by atoms with E-state index < -0.39 is 0 Å². The number of pyridine rings is 1. The van der Waals surface area contributed by atoms with E-state index in [2.05, 4.69) is 16.4 Å². The number of hydrogen-bond donors (Lipinski definition) is 2. The molecule has 0 aliphatic heterocycles. The highest BCUT2D eigenvalue weighted by molar-refractivity contribution is 5.69. The predicted octanol–water partition coefficient (Wildman–Crippen LogP) is 2.29. The summed E-state index contributed by atoms with van der Waals surface area (Å²) in [6.07, 6.45) is 0. The van der Waals surface area contributed by atoms with E-state index in [0.29, 0.717) is 22.9 Å². The SMILES string of the molecule is COc1ccc(N)c(Nc2cccc(C#N)c2)n1. The van der Waals surface area contributed by atoms with Crippen LogP contribution in [-0.2, 0) is 0 Å². The minimum absolute atomic E-state index is 0.475. The quantitative estimate of drug-likeness (QED) is 0.859. The van der Waals surface area contributed by atoms with E-state index >= 15 is 0 Å². The number of aromatic nitrogens is 1. The van der Waals surface area contributed by atoms with Gasteiger partial charge >= 0.3 is 0 Å². The number of nitrogens with two attached hydrogens (primary N) is 1. The van der Waals surface area contributed by atoms with Gasteiger partial charge in [-0.1, -0.05) is 6.07 Å². The molecule has 0 bridgehead atoms. The average molecular weight is 240 g/mol. The van der Waals surface area contributed by atoms with Gasteiger partial charge in [0, 0.05) is 11.8 Å². The summed E-state index contributed by atoms with van der Waals surface area (Å²) in [4.78, 5) is 4.20. The van der Waals surface area contributed by atoms with Crippen LogP contribution in [0, 0.1) is 11.3 Å². The highest BCUT2D eigenvalue weighted by Gasteiger charge is 2.04. The molecule has 0 atom stereocenters. The number of ether oxygens (including phenoxy) is 1. The van der Waals surface area contributed by atoms with E-state index in [9.17, 15) is 0 Å². The molecule has 1 heterocycles. The molecule has 0 unspecified atom stereocenters. The summed E-state index contributed by atoms with van der Waals surface area (Å²) in [5, 5.41) is 11.9. The third-order valence-electron chi connectivity index (χ3n) is 2.36. The fourth-order valence-electron chi connectivity index (χ4n) is 1.47. The first-order chi connectivity index (χ1) is 8.72. The van der Waals surface area contributed by atoms with Crippen LogP contribution in [0.2, 0.25) is 0 Å². The van der Waals surface area contributed by atoms with Crippen LogP contribution in [0.15, 0.2) is 36.4 Å². The van der Waals surface area contributed by atoms with Crippen molar-refractivity contribution in [3.8, 4) is 11.9 Å². The van der Waals surface area contributed by atoms with Gasteiger partial charge in [-0.15, -0.1) is 0 Å². The molecule has 90 valence electrons. The van der Waals surface area contributed by atoms with E-state index in [1.165, 1.54) is 0 Å². The highest BCUT2D eigenvalue weighted by Crippen LogP contribution is 2.23. The molecular formula is C13H12N4O. The summed E-state index contributed by atoms with van der Waals surface area (Å²) in [5.41, 5.74) is 7.65. The summed E-state index contributed by atoms with van der Waals surface area (Å²) in [5.74, 6) is 0.979. The zero-order valence-electron chi connectivity index (χ0n) is 9.84. The number of benzene rings is 1. The smallest absolute Gasteiger partial charge is 0.215 e. The van der Waals surface area contributed by atoms with Gasteiger partial charge in [0.25, 0.3) is 0 Å². The van der Waals surface area contributed by atoms with Crippen molar-refractivity contribution in [1.82, 2.24) is 4.98 Å². The number of nitrogen functional groups attached to an aromatic ring is 1. The largest absolute Gasteiger partial charge is 0.481 e. The highest BCUT2D eigenvalue weighted by atomic mass is 16.5. The predicted molar refractivity (Wildman–Crippen MR) is 69.6 cm³/mol. The number of nitrogens with one attached hydrogen (secondary N) is 1. The first-order valence-corrected chi connectivity index (χ1v) is 5.30. The van der Waals surface area contributed by atoms with Gasteiger partial charge < -0.3 is 15.8 Å². The number of anilines is 3. The van der Waals surface area contributed by atoms with E-state index in [0.717, 1.165) is 5.69 Å². The molecule has 5 nitrogen and oxygen atoms in total. The molecule has 2 rings (SSSR count). The molecule has 0 saturated carbocycles. The number of methoxy groups -OCH3 is 1. The maximum Gasteiger partial charge on any atom is 0.215 e. The Labute approximate surface area is 105 Å². The summed E-state index contributed by atoms with van der Waals surface area (Å²) >= 11 is 0. The number of hydrogen-bond acceptors (Lipinski definition) is 5. The van der Waals surface area contributed by atoms with E-state index in [1.807, 2.05) is 6.07 Å². The van der Waals surface area contributed by atoms with Crippen molar-refractivity contribution in [3.63, 3.8) is 0 Å². The van der Waals surface area contributed by atoms with Crippen molar-refractivity contribution in [2.45, 2.75) is 0 Å². The van der Waals surface area contributed by atoms with Crippen molar-refractivity contribution in [2.24, 2.45) is 0 Å². The molecule has 0 spiro atoms. The van der Waals surface area contributed by atoms with Crippen LogP contribution < -0.4 is 15.8 Å². The summed E-state index contributed by atoms with van der Waals surface area (Å²) < 4.78 is 5.03. The Morgan fingerprint density at radius 2 is 2.17 bits per heavy atom. The third kappa shape index (κ3) is 2.50. The Bertz CT molecular complexity index is 604. The number of nitriles is 1. The van der Waals surface area contributed by atoms with Crippen LogP contribution in [-0.4, -0.2) is 12.1 Å². The molecule has 0 radical (unpaired) electrons. The van der Waals surface area contributed by atoms with Crippen molar-refractivity contribution in [1.29, 1.82) is 5.26 Å². The van der Waals surface area contributed by atoms with Gasteiger partial charge in [0.2, 0.25) is 5.88 Å². The Balaban J connectivity index is 2.30. The maximum atomic E-state index is 8.83. The van der Waals surface area contributed by atoms with Gasteiger partial charge in [0.05, 0.1) is 24.4 Å². The van der Waals surface area contributed by atoms with Gasteiger partial charge in [-0.25, -0.2) is 0 Å². The standard InChI is InChI=1S/C13H12N4O/c1-18-12-6-5-11(15)13(17-12)16-10-4-2-3-9(7-10)8-14/h2-7H,15H2,1H3,(H,16,17). The van der Waals surface area contributed by atoms with Gasteiger partial charge in [0.1, 0.15) is 0 Å². The summed E-state index contributed by atoms with van der Waals surface area (Å²) in [6.45, 7) is 0. The zero-order chi connectivity index (χ0) is 13.0. The lowest BCUT2D eigenvalue weighted by molar-refractivity contribution is 0.398. The van der Waals surface area contributed by atoms with Crippen LogP contribution >= 0.6 is 0 Å². The normalized spacial score (nSPS) is 9.56. The first-order valence-electron chi connectivity index (χ1n) is 5.30. The summed E-state index contributed by atoms with van der Waals surface area (Å²) in [7, 11) is 1.54. The Hall–Kier alpha value is -2.74. The van der Waals surface area contributed by atoms with Crippen LogP contribution in [0.25, 0.3) is 0 Å². The Morgan fingerprint density at radius 1 is 1.33 bits per heavy atom. The fourth-order valence-corrected chi connectivity index (χ4v) is 1.47. The lowest BCUT2D eigenvalue weighted by Crippen LogP contribution is -2.00. The lowest BCUT2D eigenvalue weighted by atomic mass is 10.2. The molecule has 2 aromatic rings. The molecule has 0 aliphatic carbocycles. The molecule has 1 aromatic carbocycles. The maximum absolute atomic E-state index is 8.83. The third-order valence-corrected chi connectivity index (χ3v) is 2.36. The van der Waals surface area contributed by atoms with E-state index in [1.54, 1.807) is 37.4 Å². The van der Waals surface area contributed by atoms with Crippen molar-refractivity contribution in [3.05, 3.63) is 42.0 Å². The van der Waals surface area contributed by atoms with Crippen LogP contribution in [0.3, 0.4) is 0 Å². The first kappa shape index (κ1) is 11.7. The van der Waals surface area contributed by atoms with Crippen molar-refractivity contribution in [2.75, 3.05) is 18.2 Å². The molecule has 1 aromatic heterocycles. The second-order valence-corrected chi connectivity index (χ2v) is 3.61. The van der Waals surface area contributed by atoms with Crippen LogP contribution in [0.5, 0.6) is 5.88 Å². The Morgan fingerprint density at radius 3 is 2.89 bits per heavy atom. The number of nitrogens with zero attached hydrogens (tertiary/aromatic N) is 2. The minimum Gasteiger partial charge on any atom is -0.481 e. The average Bonchev–Trinajstić information content (AvgIpc) is 2.41. The molecule has 0 fully saturated rings. The zero-order valence-corrected chi connectivity index (χ0v) is 9.84. The molecular weight excluding hydrogens is 228 g/mol. The lowest BCUT2D eigenvalue weighted by Gasteiger charge is -2.09. The summed E-state index contributed by atoms with van der Waals surface area (Å²) in [6, 6.07) is 12.5. The molecule has 0 amide bonds. The molecule has 3 N–H and O–H groups in total. The topological polar surface area (TPSA) is 84.0 Å². The van der Waals surface area contributed by atoms with Crippen LogP contribution in [0.4, 0.5) is 17.2 Å². The number of rotatable bonds is 3. The second-order valence-electron chi connectivity index (χ2n) is 3.61. The monoisotopic (exact) mass is 240 g/mol. The molecule has 5 heteroatoms. The van der Waals surface area contributed by atoms with E-state index in [4.69, 9.17) is 15.7 Å². The van der Waals surface area contributed by atoms with Gasteiger partial charge in [-0.05, 0) is 24.3 Å². The van der Waals surface area contributed by atoms with Gasteiger partial charge in [0.15, 0.2) is 5.82 Å². The van der Waals surface area contributed by atoms with Crippen molar-refractivity contribution < 1.29 is 4.74 Å². The van der Waals surface area contributed by atoms with Gasteiger partial charge in [-0.3, -0.25) is 0 Å². The Kier molecular flexibility index (Phi) is 3.30.